The summed E-state index contributed by atoms with van der Waals surface area (Å²) in [6.07, 6.45) is 3.55. The van der Waals surface area contributed by atoms with Gasteiger partial charge in [0.1, 0.15) is 5.60 Å². The Morgan fingerprint density at radius 2 is 2.21 bits per heavy atom. The molecule has 4 nitrogen and oxygen atoms in total. The summed E-state index contributed by atoms with van der Waals surface area (Å²) in [5.41, 5.74) is -0.400. The Morgan fingerprint density at radius 1 is 1.42 bits per heavy atom. The Kier molecular flexibility index (Phi) is 5.01. The van der Waals surface area contributed by atoms with Gasteiger partial charge >= 0.3 is 6.09 Å². The van der Waals surface area contributed by atoms with Gasteiger partial charge in [-0.2, -0.15) is 11.8 Å². The normalized spacial score (nSPS) is 27.8. The van der Waals surface area contributed by atoms with Gasteiger partial charge in [0, 0.05) is 30.9 Å². The number of likely N-dealkylation sites (tertiary alicyclic amines) is 1. The molecule has 0 aromatic heterocycles. The molecular weight excluding hydrogens is 260 g/mol. The van der Waals surface area contributed by atoms with Gasteiger partial charge in [0.05, 0.1) is 0 Å². The summed E-state index contributed by atoms with van der Waals surface area (Å²) in [4.78, 5) is 13.8. The van der Waals surface area contributed by atoms with Crippen LogP contribution in [0.4, 0.5) is 4.79 Å². The summed E-state index contributed by atoms with van der Waals surface area (Å²) in [5.74, 6) is 1.31. The van der Waals surface area contributed by atoms with Crippen molar-refractivity contribution in [2.24, 2.45) is 0 Å². The van der Waals surface area contributed by atoms with Crippen LogP contribution in [-0.2, 0) is 4.74 Å². The summed E-state index contributed by atoms with van der Waals surface area (Å²) >= 11 is 2.07. The maximum atomic E-state index is 11.9. The van der Waals surface area contributed by atoms with Gasteiger partial charge in [0.25, 0.3) is 0 Å². The molecule has 0 bridgehead atoms. The molecule has 2 aliphatic rings. The average Bonchev–Trinajstić information content (AvgIpc) is 2.96. The zero-order valence-corrected chi connectivity index (χ0v) is 13.1. The Balaban J connectivity index is 1.68. The van der Waals surface area contributed by atoms with Crippen LogP contribution in [0.5, 0.6) is 0 Å². The van der Waals surface area contributed by atoms with Gasteiger partial charge in [0.15, 0.2) is 0 Å². The molecule has 0 radical (unpaired) electrons. The van der Waals surface area contributed by atoms with E-state index >= 15 is 0 Å². The zero-order chi connectivity index (χ0) is 13.9. The molecule has 0 spiro atoms. The second-order valence-electron chi connectivity index (χ2n) is 6.46. The topological polar surface area (TPSA) is 41.6 Å². The molecule has 19 heavy (non-hydrogen) atoms. The number of amides is 1. The van der Waals surface area contributed by atoms with E-state index in [1.54, 1.807) is 0 Å². The van der Waals surface area contributed by atoms with Crippen molar-refractivity contribution >= 4 is 17.9 Å². The second kappa shape index (κ2) is 6.35. The number of hydrogen-bond donors (Lipinski definition) is 1. The van der Waals surface area contributed by atoms with E-state index in [1.165, 1.54) is 18.6 Å². The average molecular weight is 286 g/mol. The Labute approximate surface area is 120 Å². The van der Waals surface area contributed by atoms with Crippen LogP contribution in [0.25, 0.3) is 0 Å². The van der Waals surface area contributed by atoms with Crippen LogP contribution in [0.1, 0.15) is 40.0 Å². The van der Waals surface area contributed by atoms with Crippen LogP contribution in [0.3, 0.4) is 0 Å². The maximum Gasteiger partial charge on any atom is 0.410 e. The monoisotopic (exact) mass is 286 g/mol. The lowest BCUT2D eigenvalue weighted by Crippen LogP contribution is -2.39. The number of hydrogen-bond acceptors (Lipinski definition) is 4. The van der Waals surface area contributed by atoms with Crippen molar-refractivity contribution in [2.45, 2.75) is 56.9 Å². The lowest BCUT2D eigenvalue weighted by molar-refractivity contribution is 0.0291. The Hall–Kier alpha value is -0.420. The van der Waals surface area contributed by atoms with Crippen LogP contribution in [0.15, 0.2) is 0 Å². The van der Waals surface area contributed by atoms with E-state index in [-0.39, 0.29) is 6.09 Å². The molecule has 2 saturated heterocycles. The molecule has 2 atom stereocenters. The maximum absolute atomic E-state index is 11.9. The predicted octanol–water partition coefficient (Wildman–Crippen LogP) is 2.48. The molecule has 2 unspecified atom stereocenters. The zero-order valence-electron chi connectivity index (χ0n) is 12.3. The smallest absolute Gasteiger partial charge is 0.410 e. The minimum absolute atomic E-state index is 0.174. The van der Waals surface area contributed by atoms with E-state index in [4.69, 9.17) is 4.74 Å². The van der Waals surface area contributed by atoms with Crippen molar-refractivity contribution in [3.8, 4) is 0 Å². The first-order chi connectivity index (χ1) is 8.94. The van der Waals surface area contributed by atoms with E-state index in [2.05, 4.69) is 17.1 Å². The van der Waals surface area contributed by atoms with Crippen LogP contribution in [0, 0.1) is 0 Å². The fraction of sp³-hybridized carbons (Fsp3) is 0.929. The highest BCUT2D eigenvalue weighted by molar-refractivity contribution is 8.00. The summed E-state index contributed by atoms with van der Waals surface area (Å²) in [7, 11) is 0. The summed E-state index contributed by atoms with van der Waals surface area (Å²) in [6, 6.07) is 0.439. The molecule has 2 rings (SSSR count). The lowest BCUT2D eigenvalue weighted by atomic mass is 10.2. The van der Waals surface area contributed by atoms with Crippen molar-refractivity contribution in [3.05, 3.63) is 0 Å². The van der Waals surface area contributed by atoms with Crippen molar-refractivity contribution in [1.29, 1.82) is 0 Å². The molecule has 0 aromatic rings. The Bertz CT molecular complexity index is 311. The van der Waals surface area contributed by atoms with Crippen molar-refractivity contribution in [3.63, 3.8) is 0 Å². The van der Waals surface area contributed by atoms with Gasteiger partial charge in [-0.3, -0.25) is 0 Å². The van der Waals surface area contributed by atoms with Crippen LogP contribution < -0.4 is 5.32 Å². The quantitative estimate of drug-likeness (QED) is 0.865. The second-order valence-corrected chi connectivity index (χ2v) is 7.86. The predicted molar refractivity (Wildman–Crippen MR) is 79.7 cm³/mol. The number of carbonyl (C=O) groups excluding carboxylic acids is 1. The molecule has 1 amide bonds. The van der Waals surface area contributed by atoms with Gasteiger partial charge < -0.3 is 15.0 Å². The molecule has 0 saturated carbocycles. The largest absolute Gasteiger partial charge is 0.444 e. The number of rotatable bonds is 3. The first kappa shape index (κ1) is 15.0. The Morgan fingerprint density at radius 3 is 2.84 bits per heavy atom. The summed E-state index contributed by atoms with van der Waals surface area (Å²) < 4.78 is 5.40. The van der Waals surface area contributed by atoms with Crippen LogP contribution >= 0.6 is 11.8 Å². The number of nitrogens with zero attached hydrogens (tertiary/aromatic N) is 1. The molecule has 5 heteroatoms. The fourth-order valence-corrected chi connectivity index (χ4v) is 3.74. The van der Waals surface area contributed by atoms with Crippen LogP contribution in [0.2, 0.25) is 0 Å². The molecule has 2 heterocycles. The van der Waals surface area contributed by atoms with Gasteiger partial charge in [-0.1, -0.05) is 0 Å². The van der Waals surface area contributed by atoms with Crippen molar-refractivity contribution < 1.29 is 9.53 Å². The molecule has 0 aliphatic carbocycles. The number of ether oxygens (including phenoxy) is 1. The molecule has 2 fully saturated rings. The summed E-state index contributed by atoms with van der Waals surface area (Å²) in [6.45, 7) is 8.41. The van der Waals surface area contributed by atoms with E-state index in [0.717, 1.165) is 31.3 Å². The van der Waals surface area contributed by atoms with Gasteiger partial charge in [0.2, 0.25) is 0 Å². The standard InChI is InChI=1S/C14H26N2O2S/c1-14(2,3)18-13(17)16-7-6-11(10-16)15-9-12-5-4-8-19-12/h11-12,15H,4-10H2,1-3H3. The first-order valence-corrected chi connectivity index (χ1v) is 8.32. The molecule has 2 aliphatic heterocycles. The highest BCUT2D eigenvalue weighted by Gasteiger charge is 2.30. The minimum Gasteiger partial charge on any atom is -0.444 e. The third-order valence-corrected chi connectivity index (χ3v) is 4.90. The van der Waals surface area contributed by atoms with Crippen molar-refractivity contribution in [2.75, 3.05) is 25.4 Å². The van der Waals surface area contributed by atoms with Crippen LogP contribution in [-0.4, -0.2) is 53.3 Å². The fourth-order valence-electron chi connectivity index (χ4n) is 2.52. The highest BCUT2D eigenvalue weighted by atomic mass is 32.2. The SMILES string of the molecule is CC(C)(C)OC(=O)N1CCC(NCC2CCCS2)C1. The lowest BCUT2D eigenvalue weighted by Gasteiger charge is -2.24. The minimum atomic E-state index is -0.400. The number of thioether (sulfide) groups is 1. The van der Waals surface area contributed by atoms with Crippen molar-refractivity contribution in [1.82, 2.24) is 10.2 Å². The number of carbonyl (C=O) groups is 1. The van der Waals surface area contributed by atoms with E-state index < -0.39 is 5.60 Å². The van der Waals surface area contributed by atoms with Gasteiger partial charge in [-0.05, 0) is 45.8 Å². The third kappa shape index (κ3) is 4.88. The summed E-state index contributed by atoms with van der Waals surface area (Å²) in [5, 5.41) is 4.37. The molecular formula is C14H26N2O2S. The highest BCUT2D eigenvalue weighted by Crippen LogP contribution is 2.25. The van der Waals surface area contributed by atoms with E-state index in [1.807, 2.05) is 25.7 Å². The molecule has 1 N–H and O–H groups in total. The van der Waals surface area contributed by atoms with E-state index in [9.17, 15) is 4.79 Å². The van der Waals surface area contributed by atoms with Gasteiger partial charge in [-0.25, -0.2) is 4.79 Å². The molecule has 110 valence electrons. The number of nitrogens with one attached hydrogen (secondary N) is 1. The third-order valence-electron chi connectivity index (χ3n) is 3.50. The molecule has 0 aromatic carbocycles. The van der Waals surface area contributed by atoms with E-state index in [0.29, 0.717) is 6.04 Å². The van der Waals surface area contributed by atoms with Gasteiger partial charge in [-0.15, -0.1) is 0 Å². The first-order valence-electron chi connectivity index (χ1n) is 7.27.